The van der Waals surface area contributed by atoms with Gasteiger partial charge in [0.05, 0.1) is 44.4 Å². The van der Waals surface area contributed by atoms with E-state index in [9.17, 15) is 0 Å². The van der Waals surface area contributed by atoms with Crippen LogP contribution in [0.15, 0.2) is 66.9 Å². The van der Waals surface area contributed by atoms with Crippen molar-refractivity contribution in [3.63, 3.8) is 0 Å². The highest BCUT2D eigenvalue weighted by molar-refractivity contribution is 5.83. The normalized spacial score (nSPS) is 15.7. The lowest BCUT2D eigenvalue weighted by molar-refractivity contribution is -0.0920. The van der Waals surface area contributed by atoms with E-state index >= 15 is 0 Å². The van der Waals surface area contributed by atoms with Crippen LogP contribution < -0.4 is 0 Å². The van der Waals surface area contributed by atoms with E-state index in [1.165, 1.54) is 21.9 Å². The molecular weight excluding hydrogens is 488 g/mol. The van der Waals surface area contributed by atoms with Gasteiger partial charge in [-0.05, 0) is 53.3 Å². The van der Waals surface area contributed by atoms with Gasteiger partial charge in [-0.3, -0.25) is 0 Å². The van der Waals surface area contributed by atoms with Crippen LogP contribution in [0.2, 0.25) is 0 Å². The molecule has 1 atom stereocenters. The molecule has 1 aliphatic heterocycles. The van der Waals surface area contributed by atoms with Crippen molar-refractivity contribution >= 4 is 10.8 Å². The summed E-state index contributed by atoms with van der Waals surface area (Å²) in [5.74, 6) is 0. The summed E-state index contributed by atoms with van der Waals surface area (Å²) in [6, 6.07) is 21.4. The second-order valence-electron chi connectivity index (χ2n) is 10.0. The molecule has 8 heteroatoms. The molecular formula is C31H34N6O2. The van der Waals surface area contributed by atoms with E-state index in [4.69, 9.17) is 9.47 Å². The zero-order valence-corrected chi connectivity index (χ0v) is 22.6. The van der Waals surface area contributed by atoms with Gasteiger partial charge in [-0.1, -0.05) is 72.8 Å². The van der Waals surface area contributed by atoms with Gasteiger partial charge in [-0.15, -0.1) is 10.2 Å². The Balaban J connectivity index is 1.21. The Morgan fingerprint density at radius 3 is 2.62 bits per heavy atom. The molecule has 5 aromatic rings. The average molecular weight is 523 g/mol. The first kappa shape index (κ1) is 25.4. The van der Waals surface area contributed by atoms with E-state index in [2.05, 4.69) is 95.1 Å². The van der Waals surface area contributed by atoms with Crippen molar-refractivity contribution in [3.05, 3.63) is 83.7 Å². The van der Waals surface area contributed by atoms with Crippen molar-refractivity contribution in [2.75, 3.05) is 19.8 Å². The molecule has 1 fully saturated rings. The molecule has 0 radical (unpaired) electrons. The molecule has 3 aromatic carbocycles. The third kappa shape index (κ3) is 5.48. The van der Waals surface area contributed by atoms with Crippen molar-refractivity contribution < 1.29 is 9.47 Å². The van der Waals surface area contributed by atoms with Crippen molar-refractivity contribution in [2.24, 2.45) is 0 Å². The summed E-state index contributed by atoms with van der Waals surface area (Å²) in [4.78, 5) is 0. The Hall–Kier alpha value is -3.88. The van der Waals surface area contributed by atoms with Crippen LogP contribution in [-0.4, -0.2) is 55.9 Å². The van der Waals surface area contributed by atoms with Gasteiger partial charge in [0.15, 0.2) is 0 Å². The van der Waals surface area contributed by atoms with Gasteiger partial charge in [-0.2, -0.15) is 0 Å². The molecule has 0 amide bonds. The lowest BCUT2D eigenvalue weighted by Crippen LogP contribution is -2.29. The third-order valence-electron chi connectivity index (χ3n) is 7.45. The lowest BCUT2D eigenvalue weighted by atomic mass is 9.97. The molecule has 1 saturated heterocycles. The lowest BCUT2D eigenvalue weighted by Gasteiger charge is -2.22. The van der Waals surface area contributed by atoms with Gasteiger partial charge in [0.1, 0.15) is 11.4 Å². The first-order valence-electron chi connectivity index (χ1n) is 13.8. The maximum absolute atomic E-state index is 5.80. The minimum Gasteiger partial charge on any atom is -0.376 e. The predicted molar refractivity (Wildman–Crippen MR) is 151 cm³/mol. The number of ether oxygens (including phenoxy) is 2. The number of fused-ring (bicyclic) bond motifs is 1. The van der Waals surface area contributed by atoms with Gasteiger partial charge in [0.25, 0.3) is 0 Å². The Kier molecular flexibility index (Phi) is 7.47. The molecule has 0 N–H and O–H groups in total. The van der Waals surface area contributed by atoms with Gasteiger partial charge in [-0.25, -0.2) is 9.36 Å². The highest BCUT2D eigenvalue weighted by Gasteiger charge is 2.19. The summed E-state index contributed by atoms with van der Waals surface area (Å²) in [5, 5.41) is 20.5. The van der Waals surface area contributed by atoms with Crippen LogP contribution in [-0.2, 0) is 35.4 Å². The van der Waals surface area contributed by atoms with Crippen molar-refractivity contribution in [1.29, 1.82) is 0 Å². The molecule has 1 aliphatic rings. The fraction of sp³-hybridized carbons (Fsp3) is 0.355. The number of aromatic nitrogens is 6. The fourth-order valence-electron chi connectivity index (χ4n) is 5.36. The first-order valence-corrected chi connectivity index (χ1v) is 13.8. The van der Waals surface area contributed by atoms with E-state index < -0.39 is 0 Å². The van der Waals surface area contributed by atoms with E-state index in [1.54, 1.807) is 0 Å². The quantitative estimate of drug-likeness (QED) is 0.260. The zero-order valence-electron chi connectivity index (χ0n) is 22.6. The first-order chi connectivity index (χ1) is 19.2. The maximum atomic E-state index is 5.80. The number of hydrogen-bond acceptors (Lipinski definition) is 6. The predicted octanol–water partition coefficient (Wildman–Crippen LogP) is 5.34. The van der Waals surface area contributed by atoms with E-state index in [0.717, 1.165) is 54.0 Å². The maximum Gasteiger partial charge on any atom is 0.116 e. The summed E-state index contributed by atoms with van der Waals surface area (Å²) in [6.45, 7) is 7.77. The second-order valence-corrected chi connectivity index (χ2v) is 10.0. The van der Waals surface area contributed by atoms with E-state index in [-0.39, 0.29) is 6.10 Å². The van der Waals surface area contributed by atoms with Crippen LogP contribution in [0.5, 0.6) is 0 Å². The standard InChI is InChI=1S/C31H34N6O2/c1-3-23-18-26(31-30(4-2)37(35-33-31)14-13-27-21-38-15-16-39-27)11-12-28(23)29-20-36(34-32-29)19-22-9-10-24-7-5-6-8-25(24)17-22/h5-12,17-18,20,27H,3-4,13-16,19,21H2,1-2H3. The van der Waals surface area contributed by atoms with Crippen molar-refractivity contribution in [1.82, 2.24) is 30.0 Å². The molecule has 8 nitrogen and oxygen atoms in total. The molecule has 200 valence electrons. The highest BCUT2D eigenvalue weighted by Crippen LogP contribution is 2.30. The van der Waals surface area contributed by atoms with Crippen LogP contribution in [0.4, 0.5) is 0 Å². The van der Waals surface area contributed by atoms with Crippen LogP contribution in [0.25, 0.3) is 33.3 Å². The summed E-state index contributed by atoms with van der Waals surface area (Å²) in [5.41, 5.74) is 7.57. The molecule has 0 spiro atoms. The van der Waals surface area contributed by atoms with E-state index in [0.29, 0.717) is 26.4 Å². The molecule has 0 aliphatic carbocycles. The minimum atomic E-state index is 0.122. The van der Waals surface area contributed by atoms with Crippen LogP contribution in [0.3, 0.4) is 0 Å². The summed E-state index contributed by atoms with van der Waals surface area (Å²) in [7, 11) is 0. The molecule has 2 aromatic heterocycles. The molecule has 0 bridgehead atoms. The van der Waals surface area contributed by atoms with Gasteiger partial charge >= 0.3 is 0 Å². The Morgan fingerprint density at radius 2 is 1.79 bits per heavy atom. The van der Waals surface area contributed by atoms with Crippen molar-refractivity contribution in [3.8, 4) is 22.5 Å². The second kappa shape index (κ2) is 11.5. The Bertz CT molecular complexity index is 1570. The van der Waals surface area contributed by atoms with E-state index in [1.807, 2.05) is 15.6 Å². The largest absolute Gasteiger partial charge is 0.376 e. The number of aryl methyl sites for hydroxylation is 2. The molecule has 0 saturated carbocycles. The summed E-state index contributed by atoms with van der Waals surface area (Å²) < 4.78 is 15.3. The molecule has 1 unspecified atom stereocenters. The SMILES string of the molecule is CCc1cc(-c2nnn(CCC3COCCO3)c2CC)ccc1-c1cn(Cc2ccc3ccccc3c2)nn1. The number of nitrogens with zero attached hydrogens (tertiary/aromatic N) is 6. The Morgan fingerprint density at radius 1 is 0.897 bits per heavy atom. The number of benzene rings is 3. The smallest absolute Gasteiger partial charge is 0.116 e. The molecule has 39 heavy (non-hydrogen) atoms. The molecule has 3 heterocycles. The zero-order chi connectivity index (χ0) is 26.6. The summed E-state index contributed by atoms with van der Waals surface area (Å²) in [6.07, 6.45) is 4.76. The van der Waals surface area contributed by atoms with Crippen molar-refractivity contribution in [2.45, 2.75) is 52.3 Å². The monoisotopic (exact) mass is 522 g/mol. The molecule has 6 rings (SSSR count). The summed E-state index contributed by atoms with van der Waals surface area (Å²) >= 11 is 0. The fourth-order valence-corrected chi connectivity index (χ4v) is 5.36. The number of hydrogen-bond donors (Lipinski definition) is 0. The van der Waals surface area contributed by atoms with Crippen LogP contribution in [0.1, 0.15) is 37.1 Å². The van der Waals surface area contributed by atoms with Gasteiger partial charge in [0, 0.05) is 17.7 Å². The highest BCUT2D eigenvalue weighted by atomic mass is 16.6. The third-order valence-corrected chi connectivity index (χ3v) is 7.45. The van der Waals surface area contributed by atoms with Gasteiger partial charge in [0.2, 0.25) is 0 Å². The average Bonchev–Trinajstić information content (AvgIpc) is 3.63. The van der Waals surface area contributed by atoms with Gasteiger partial charge < -0.3 is 9.47 Å². The topological polar surface area (TPSA) is 79.9 Å². The number of rotatable bonds is 9. The minimum absolute atomic E-state index is 0.122. The van der Waals surface area contributed by atoms with Crippen LogP contribution >= 0.6 is 0 Å². The Labute approximate surface area is 228 Å². The van der Waals surface area contributed by atoms with Crippen LogP contribution in [0, 0.1) is 0 Å².